The molecule has 0 radical (unpaired) electrons. The van der Waals surface area contributed by atoms with Gasteiger partial charge in [0.2, 0.25) is 0 Å². The average molecular weight is 312 g/mol. The van der Waals surface area contributed by atoms with Crippen molar-refractivity contribution in [3.05, 3.63) is 34.3 Å². The summed E-state index contributed by atoms with van der Waals surface area (Å²) < 4.78 is 1.12. The molecule has 100 valence electrons. The predicted molar refractivity (Wildman–Crippen MR) is 78.5 cm³/mol. The summed E-state index contributed by atoms with van der Waals surface area (Å²) in [5.74, 6) is 0. The molecule has 2 N–H and O–H groups in total. The molecule has 1 aromatic carbocycles. The number of hydrogen-bond acceptors (Lipinski definition) is 2. The third-order valence-corrected chi connectivity index (χ3v) is 4.77. The molecule has 1 aromatic rings. The van der Waals surface area contributed by atoms with E-state index in [-0.39, 0.29) is 11.5 Å². The number of nitrogens with one attached hydrogen (secondary N) is 1. The fourth-order valence-corrected chi connectivity index (χ4v) is 3.02. The molecule has 0 bridgehead atoms. The van der Waals surface area contributed by atoms with E-state index in [1.165, 1.54) is 5.56 Å². The molecule has 1 fully saturated rings. The van der Waals surface area contributed by atoms with Crippen LogP contribution in [0.5, 0.6) is 0 Å². The topological polar surface area (TPSA) is 32.3 Å². The quantitative estimate of drug-likeness (QED) is 0.889. The van der Waals surface area contributed by atoms with E-state index in [1.54, 1.807) is 0 Å². The van der Waals surface area contributed by atoms with Crippen molar-refractivity contribution >= 4 is 15.9 Å². The third-order valence-electron chi connectivity index (χ3n) is 4.28. The summed E-state index contributed by atoms with van der Waals surface area (Å²) in [7, 11) is 0. The normalized spacial score (nSPS) is 27.6. The summed E-state index contributed by atoms with van der Waals surface area (Å²) in [5.41, 5.74) is 1.29. The van der Waals surface area contributed by atoms with Crippen LogP contribution in [0.2, 0.25) is 0 Å². The van der Waals surface area contributed by atoms with E-state index in [9.17, 15) is 5.11 Å². The van der Waals surface area contributed by atoms with Gasteiger partial charge in [-0.2, -0.15) is 0 Å². The van der Waals surface area contributed by atoms with Crippen LogP contribution in [0.15, 0.2) is 28.7 Å². The van der Waals surface area contributed by atoms with Gasteiger partial charge in [0, 0.05) is 22.0 Å². The van der Waals surface area contributed by atoms with Crippen LogP contribution in [0, 0.1) is 5.41 Å². The molecular weight excluding hydrogens is 290 g/mol. The molecule has 1 saturated carbocycles. The summed E-state index contributed by atoms with van der Waals surface area (Å²) in [6, 6.07) is 9.21. The molecule has 2 rings (SSSR count). The minimum atomic E-state index is -0.171. The summed E-state index contributed by atoms with van der Waals surface area (Å²) >= 11 is 3.52. The molecule has 3 heteroatoms. The maximum atomic E-state index is 9.80. The lowest BCUT2D eigenvalue weighted by atomic mass is 9.64. The molecule has 0 aromatic heterocycles. The van der Waals surface area contributed by atoms with Gasteiger partial charge in [-0.15, -0.1) is 0 Å². The van der Waals surface area contributed by atoms with E-state index in [4.69, 9.17) is 0 Å². The van der Waals surface area contributed by atoms with Crippen LogP contribution >= 0.6 is 15.9 Å². The Balaban J connectivity index is 2.07. The number of aliphatic hydroxyl groups is 1. The SMILES string of the molecule is CCC(NC1CC(O)C1(C)C)c1cccc(Br)c1. The van der Waals surface area contributed by atoms with Crippen molar-refractivity contribution in [1.29, 1.82) is 0 Å². The lowest BCUT2D eigenvalue weighted by Gasteiger charge is -2.51. The highest BCUT2D eigenvalue weighted by atomic mass is 79.9. The Bertz CT molecular complexity index is 419. The van der Waals surface area contributed by atoms with E-state index in [1.807, 2.05) is 6.07 Å². The van der Waals surface area contributed by atoms with Crippen molar-refractivity contribution < 1.29 is 5.11 Å². The van der Waals surface area contributed by atoms with Crippen LogP contribution < -0.4 is 5.32 Å². The second-order valence-corrected chi connectivity index (χ2v) is 6.72. The Morgan fingerprint density at radius 2 is 2.22 bits per heavy atom. The van der Waals surface area contributed by atoms with E-state index in [2.05, 4.69) is 60.2 Å². The van der Waals surface area contributed by atoms with Gasteiger partial charge in [-0.05, 0) is 30.5 Å². The lowest BCUT2D eigenvalue weighted by Crippen LogP contribution is -2.60. The lowest BCUT2D eigenvalue weighted by molar-refractivity contribution is -0.0762. The summed E-state index contributed by atoms with van der Waals surface area (Å²) in [5, 5.41) is 13.5. The molecule has 0 heterocycles. The highest BCUT2D eigenvalue weighted by molar-refractivity contribution is 9.10. The minimum absolute atomic E-state index is 0.0145. The summed E-state index contributed by atoms with van der Waals surface area (Å²) in [6.45, 7) is 6.46. The molecule has 0 amide bonds. The van der Waals surface area contributed by atoms with Crippen LogP contribution in [-0.2, 0) is 0 Å². The highest BCUT2D eigenvalue weighted by Gasteiger charge is 2.47. The van der Waals surface area contributed by atoms with Crippen molar-refractivity contribution in [3.8, 4) is 0 Å². The first kappa shape index (κ1) is 14.0. The maximum Gasteiger partial charge on any atom is 0.0621 e. The van der Waals surface area contributed by atoms with Gasteiger partial charge in [0.25, 0.3) is 0 Å². The third kappa shape index (κ3) is 2.63. The Kier molecular flexibility index (Phi) is 4.15. The van der Waals surface area contributed by atoms with E-state index >= 15 is 0 Å². The Labute approximate surface area is 118 Å². The van der Waals surface area contributed by atoms with Gasteiger partial charge < -0.3 is 10.4 Å². The Morgan fingerprint density at radius 1 is 1.50 bits per heavy atom. The molecular formula is C15H22BrNO. The van der Waals surface area contributed by atoms with E-state index in [0.717, 1.165) is 17.3 Å². The fourth-order valence-electron chi connectivity index (χ4n) is 2.60. The fraction of sp³-hybridized carbons (Fsp3) is 0.600. The monoisotopic (exact) mass is 311 g/mol. The van der Waals surface area contributed by atoms with Gasteiger partial charge >= 0.3 is 0 Å². The van der Waals surface area contributed by atoms with Gasteiger partial charge in [-0.3, -0.25) is 0 Å². The highest BCUT2D eigenvalue weighted by Crippen LogP contribution is 2.41. The number of aliphatic hydroxyl groups excluding tert-OH is 1. The zero-order valence-electron chi connectivity index (χ0n) is 11.3. The second kappa shape index (κ2) is 5.32. The number of rotatable bonds is 4. The summed E-state index contributed by atoms with van der Waals surface area (Å²) in [6.07, 6.45) is 1.74. The van der Waals surface area contributed by atoms with Crippen molar-refractivity contribution in [3.63, 3.8) is 0 Å². The van der Waals surface area contributed by atoms with E-state index < -0.39 is 0 Å². The Hall–Kier alpha value is -0.380. The molecule has 2 nitrogen and oxygen atoms in total. The van der Waals surface area contributed by atoms with Crippen LogP contribution in [0.25, 0.3) is 0 Å². The molecule has 18 heavy (non-hydrogen) atoms. The molecule has 3 unspecified atom stereocenters. The molecule has 0 spiro atoms. The van der Waals surface area contributed by atoms with Crippen LogP contribution in [0.1, 0.15) is 45.2 Å². The first-order chi connectivity index (χ1) is 8.45. The molecule has 1 aliphatic rings. The van der Waals surface area contributed by atoms with Crippen molar-refractivity contribution in [2.75, 3.05) is 0 Å². The summed E-state index contributed by atoms with van der Waals surface area (Å²) in [4.78, 5) is 0. The van der Waals surface area contributed by atoms with Gasteiger partial charge in [-0.1, -0.05) is 48.8 Å². The molecule has 1 aliphatic carbocycles. The van der Waals surface area contributed by atoms with Gasteiger partial charge in [0.15, 0.2) is 0 Å². The van der Waals surface area contributed by atoms with Gasteiger partial charge in [0.05, 0.1) is 6.10 Å². The zero-order chi connectivity index (χ0) is 13.3. The average Bonchev–Trinajstić information content (AvgIpc) is 2.34. The predicted octanol–water partition coefficient (Wildman–Crippen LogP) is 3.65. The number of hydrogen-bond donors (Lipinski definition) is 2. The zero-order valence-corrected chi connectivity index (χ0v) is 12.9. The maximum absolute atomic E-state index is 9.80. The van der Waals surface area contributed by atoms with Crippen molar-refractivity contribution in [2.24, 2.45) is 5.41 Å². The number of benzene rings is 1. The molecule has 0 saturated heterocycles. The van der Waals surface area contributed by atoms with Gasteiger partial charge in [-0.25, -0.2) is 0 Å². The van der Waals surface area contributed by atoms with E-state index in [0.29, 0.717) is 12.1 Å². The largest absolute Gasteiger partial charge is 0.392 e. The first-order valence-electron chi connectivity index (χ1n) is 6.64. The van der Waals surface area contributed by atoms with Crippen LogP contribution in [0.4, 0.5) is 0 Å². The minimum Gasteiger partial charge on any atom is -0.392 e. The first-order valence-corrected chi connectivity index (χ1v) is 7.44. The Morgan fingerprint density at radius 3 is 2.72 bits per heavy atom. The second-order valence-electron chi connectivity index (χ2n) is 5.81. The molecule has 3 atom stereocenters. The van der Waals surface area contributed by atoms with Crippen LogP contribution in [0.3, 0.4) is 0 Å². The smallest absolute Gasteiger partial charge is 0.0621 e. The van der Waals surface area contributed by atoms with Crippen LogP contribution in [-0.4, -0.2) is 17.3 Å². The van der Waals surface area contributed by atoms with Crippen molar-refractivity contribution in [1.82, 2.24) is 5.32 Å². The van der Waals surface area contributed by atoms with Gasteiger partial charge in [0.1, 0.15) is 0 Å². The standard InChI is InChI=1S/C15H22BrNO/c1-4-12(10-6-5-7-11(16)8-10)17-13-9-14(18)15(13,2)3/h5-8,12-14,17-18H,4,9H2,1-3H3. The molecule has 0 aliphatic heterocycles. The van der Waals surface area contributed by atoms with Crippen molar-refractivity contribution in [2.45, 2.75) is 51.8 Å². The number of halogens is 1.